The maximum absolute atomic E-state index is 12.0. The van der Waals surface area contributed by atoms with Gasteiger partial charge in [0.15, 0.2) is 5.78 Å². The molecular weight excluding hydrogens is 184 g/mol. The summed E-state index contributed by atoms with van der Waals surface area (Å²) in [7, 11) is 0. The number of carbonyl (C=O) groups excluding carboxylic acids is 1. The fraction of sp³-hybridized carbons (Fsp3) is 0.500. The van der Waals surface area contributed by atoms with Gasteiger partial charge in [0.25, 0.3) is 0 Å². The van der Waals surface area contributed by atoms with Crippen molar-refractivity contribution >= 4 is 5.78 Å². The molecule has 15 heavy (non-hydrogen) atoms. The van der Waals surface area contributed by atoms with E-state index in [2.05, 4.69) is 25.1 Å². The molecule has 0 N–H and O–H groups in total. The van der Waals surface area contributed by atoms with Crippen LogP contribution in [-0.2, 0) is 5.41 Å². The van der Waals surface area contributed by atoms with Crippen LogP contribution < -0.4 is 0 Å². The van der Waals surface area contributed by atoms with Gasteiger partial charge >= 0.3 is 0 Å². The van der Waals surface area contributed by atoms with E-state index < -0.39 is 0 Å². The van der Waals surface area contributed by atoms with Crippen LogP contribution in [-0.4, -0.2) is 5.78 Å². The lowest BCUT2D eigenvalue weighted by Crippen LogP contribution is -2.18. The number of fused-ring (bicyclic) bond motifs is 2. The first-order valence-corrected chi connectivity index (χ1v) is 5.86. The van der Waals surface area contributed by atoms with Crippen LogP contribution in [0, 0.1) is 6.92 Å². The summed E-state index contributed by atoms with van der Waals surface area (Å²) >= 11 is 0. The molecule has 0 amide bonds. The second kappa shape index (κ2) is 2.94. The highest BCUT2D eigenvalue weighted by molar-refractivity contribution is 6.02. The fourth-order valence-corrected chi connectivity index (χ4v) is 3.35. The van der Waals surface area contributed by atoms with E-state index in [0.717, 1.165) is 12.0 Å². The van der Waals surface area contributed by atoms with E-state index in [0.29, 0.717) is 5.78 Å². The van der Waals surface area contributed by atoms with Crippen molar-refractivity contribution in [2.24, 2.45) is 0 Å². The highest BCUT2D eigenvalue weighted by Crippen LogP contribution is 2.49. The molecule has 1 aromatic rings. The van der Waals surface area contributed by atoms with Crippen LogP contribution in [0.5, 0.6) is 0 Å². The first-order chi connectivity index (χ1) is 7.21. The highest BCUT2D eigenvalue weighted by atomic mass is 16.1. The number of Topliss-reactive ketones (excluding diaryl/α,β-unsaturated/α-hetero) is 1. The van der Waals surface area contributed by atoms with Crippen molar-refractivity contribution in [1.29, 1.82) is 0 Å². The Kier molecular flexibility index (Phi) is 1.79. The summed E-state index contributed by atoms with van der Waals surface area (Å²) < 4.78 is 0. The summed E-state index contributed by atoms with van der Waals surface area (Å²) in [6.45, 7) is 2.06. The summed E-state index contributed by atoms with van der Waals surface area (Å²) in [5, 5.41) is 0. The monoisotopic (exact) mass is 200 g/mol. The Balaban J connectivity index is 2.17. The van der Waals surface area contributed by atoms with Crippen LogP contribution in [0.3, 0.4) is 0 Å². The van der Waals surface area contributed by atoms with Gasteiger partial charge in [0, 0.05) is 17.4 Å². The van der Waals surface area contributed by atoms with Crippen LogP contribution >= 0.6 is 0 Å². The van der Waals surface area contributed by atoms with Crippen molar-refractivity contribution in [1.82, 2.24) is 0 Å². The van der Waals surface area contributed by atoms with Gasteiger partial charge in [-0.25, -0.2) is 0 Å². The summed E-state index contributed by atoms with van der Waals surface area (Å²) in [5.74, 6) is 0.371. The zero-order chi connectivity index (χ0) is 10.5. The fourth-order valence-electron chi connectivity index (χ4n) is 3.35. The van der Waals surface area contributed by atoms with Crippen molar-refractivity contribution in [2.45, 2.75) is 44.4 Å². The minimum Gasteiger partial charge on any atom is -0.294 e. The molecule has 1 spiro atoms. The summed E-state index contributed by atoms with van der Waals surface area (Å²) in [5.41, 5.74) is 3.80. The van der Waals surface area contributed by atoms with Crippen molar-refractivity contribution in [2.75, 3.05) is 0 Å². The molecule has 0 saturated heterocycles. The smallest absolute Gasteiger partial charge is 0.164 e. The molecule has 1 heteroatoms. The molecule has 1 aromatic carbocycles. The van der Waals surface area contributed by atoms with Gasteiger partial charge in [-0.3, -0.25) is 4.79 Å². The standard InChI is InChI=1S/C14H16O/c1-10-4-5-12-11(8-10)13(15)9-14(12)6-2-3-7-14/h4-5,8H,2-3,6-7,9H2,1H3. The molecule has 2 aliphatic carbocycles. The minimum atomic E-state index is 0.236. The number of hydrogen-bond acceptors (Lipinski definition) is 1. The molecule has 78 valence electrons. The first kappa shape index (κ1) is 9.14. The van der Waals surface area contributed by atoms with E-state index in [1.54, 1.807) is 0 Å². The van der Waals surface area contributed by atoms with Gasteiger partial charge in [-0.05, 0) is 31.4 Å². The van der Waals surface area contributed by atoms with Gasteiger partial charge in [-0.2, -0.15) is 0 Å². The molecule has 0 radical (unpaired) electrons. The SMILES string of the molecule is Cc1ccc2c(c1)C(=O)CC21CCCC1. The first-order valence-electron chi connectivity index (χ1n) is 5.86. The molecule has 1 nitrogen and oxygen atoms in total. The van der Waals surface area contributed by atoms with Gasteiger partial charge in [0.1, 0.15) is 0 Å². The van der Waals surface area contributed by atoms with Gasteiger partial charge in [0.2, 0.25) is 0 Å². The number of carbonyl (C=O) groups is 1. The lowest BCUT2D eigenvalue weighted by atomic mass is 9.80. The largest absolute Gasteiger partial charge is 0.294 e. The second-order valence-electron chi connectivity index (χ2n) is 5.14. The molecule has 0 heterocycles. The molecule has 2 aliphatic rings. The van der Waals surface area contributed by atoms with Gasteiger partial charge < -0.3 is 0 Å². The maximum atomic E-state index is 12.0. The zero-order valence-corrected chi connectivity index (χ0v) is 9.18. The normalized spacial score (nSPS) is 22.3. The van der Waals surface area contributed by atoms with E-state index >= 15 is 0 Å². The van der Waals surface area contributed by atoms with E-state index in [1.807, 2.05) is 0 Å². The average molecular weight is 200 g/mol. The molecule has 0 atom stereocenters. The van der Waals surface area contributed by atoms with Gasteiger partial charge in [-0.1, -0.05) is 30.5 Å². The molecule has 1 saturated carbocycles. The van der Waals surface area contributed by atoms with Gasteiger partial charge in [-0.15, -0.1) is 0 Å². The predicted molar refractivity (Wildman–Crippen MR) is 60.3 cm³/mol. The quantitative estimate of drug-likeness (QED) is 0.627. The average Bonchev–Trinajstić information content (AvgIpc) is 2.76. The Morgan fingerprint density at radius 3 is 2.67 bits per heavy atom. The van der Waals surface area contributed by atoms with Crippen LogP contribution in [0.15, 0.2) is 18.2 Å². The zero-order valence-electron chi connectivity index (χ0n) is 9.18. The molecule has 0 aliphatic heterocycles. The van der Waals surface area contributed by atoms with Crippen molar-refractivity contribution in [3.05, 3.63) is 34.9 Å². The third-order valence-electron chi connectivity index (χ3n) is 4.11. The Morgan fingerprint density at radius 1 is 1.20 bits per heavy atom. The Labute approximate surface area is 90.5 Å². The summed E-state index contributed by atoms with van der Waals surface area (Å²) in [4.78, 5) is 12.0. The molecule has 0 bridgehead atoms. The third kappa shape index (κ3) is 1.19. The number of aryl methyl sites for hydroxylation is 1. The van der Waals surface area contributed by atoms with E-state index in [-0.39, 0.29) is 5.41 Å². The number of rotatable bonds is 0. The predicted octanol–water partition coefficient (Wildman–Crippen LogP) is 3.39. The van der Waals surface area contributed by atoms with Gasteiger partial charge in [0.05, 0.1) is 0 Å². The molecular formula is C14H16O. The number of benzene rings is 1. The van der Waals surface area contributed by atoms with Crippen molar-refractivity contribution < 1.29 is 4.79 Å². The summed E-state index contributed by atoms with van der Waals surface area (Å²) in [6.07, 6.45) is 5.79. The maximum Gasteiger partial charge on any atom is 0.164 e. The molecule has 3 rings (SSSR count). The molecule has 0 unspecified atom stereocenters. The molecule has 1 fully saturated rings. The molecule has 0 aromatic heterocycles. The third-order valence-corrected chi connectivity index (χ3v) is 4.11. The van der Waals surface area contributed by atoms with Crippen LogP contribution in [0.2, 0.25) is 0 Å². The van der Waals surface area contributed by atoms with E-state index in [9.17, 15) is 4.79 Å². The Hall–Kier alpha value is -1.11. The topological polar surface area (TPSA) is 17.1 Å². The Morgan fingerprint density at radius 2 is 1.93 bits per heavy atom. The lowest BCUT2D eigenvalue weighted by molar-refractivity contribution is 0.0974. The van der Waals surface area contributed by atoms with Crippen LogP contribution in [0.1, 0.15) is 53.6 Å². The van der Waals surface area contributed by atoms with Crippen LogP contribution in [0.4, 0.5) is 0 Å². The summed E-state index contributed by atoms with van der Waals surface area (Å²) in [6, 6.07) is 6.42. The van der Waals surface area contributed by atoms with Crippen LogP contribution in [0.25, 0.3) is 0 Å². The van der Waals surface area contributed by atoms with Crippen molar-refractivity contribution in [3.63, 3.8) is 0 Å². The lowest BCUT2D eigenvalue weighted by Gasteiger charge is -2.23. The second-order valence-corrected chi connectivity index (χ2v) is 5.14. The highest BCUT2D eigenvalue weighted by Gasteiger charge is 2.44. The van der Waals surface area contributed by atoms with E-state index in [1.165, 1.54) is 36.8 Å². The van der Waals surface area contributed by atoms with E-state index in [4.69, 9.17) is 0 Å². The number of hydrogen-bond donors (Lipinski definition) is 0. The number of ketones is 1. The Bertz CT molecular complexity index is 425. The minimum absolute atomic E-state index is 0.236. The van der Waals surface area contributed by atoms with Crippen molar-refractivity contribution in [3.8, 4) is 0 Å².